The Morgan fingerprint density at radius 1 is 1.09 bits per heavy atom. The molecule has 1 atom stereocenters. The highest BCUT2D eigenvalue weighted by Gasteiger charge is 2.29. The van der Waals surface area contributed by atoms with Gasteiger partial charge in [-0.1, -0.05) is 24.1 Å². The Morgan fingerprint density at radius 2 is 1.88 bits per heavy atom. The molecule has 1 unspecified atom stereocenters. The molecular weight excluding hydrogens is 402 g/mol. The number of carbonyl (C=O) groups excluding carboxylic acids is 1. The molecule has 1 amide bonds. The summed E-state index contributed by atoms with van der Waals surface area (Å²) in [6.07, 6.45) is 4.12. The molecule has 0 aliphatic carbocycles. The highest BCUT2D eigenvalue weighted by molar-refractivity contribution is 5.94. The second kappa shape index (κ2) is 8.52. The van der Waals surface area contributed by atoms with Crippen molar-refractivity contribution < 1.29 is 9.53 Å². The maximum absolute atomic E-state index is 12.2. The molecule has 1 aliphatic rings. The molecule has 7 nitrogen and oxygen atoms in total. The summed E-state index contributed by atoms with van der Waals surface area (Å²) in [4.78, 5) is 22.6. The van der Waals surface area contributed by atoms with Crippen molar-refractivity contribution in [2.45, 2.75) is 19.4 Å². The first-order valence-corrected chi connectivity index (χ1v) is 10.5. The molecular formula is C25H21N5O2. The van der Waals surface area contributed by atoms with Gasteiger partial charge in [0.2, 0.25) is 0 Å². The van der Waals surface area contributed by atoms with E-state index in [1.165, 1.54) is 6.33 Å². The maximum Gasteiger partial charge on any atom is 0.298 e. The highest BCUT2D eigenvalue weighted by Crippen LogP contribution is 2.32. The van der Waals surface area contributed by atoms with Crippen LogP contribution in [0.4, 0.5) is 0 Å². The van der Waals surface area contributed by atoms with Crippen LogP contribution in [-0.4, -0.2) is 43.6 Å². The molecule has 4 aromatic rings. The lowest BCUT2D eigenvalue weighted by atomic mass is 10.1. The minimum absolute atomic E-state index is 0.0458. The van der Waals surface area contributed by atoms with Gasteiger partial charge < -0.3 is 9.64 Å². The van der Waals surface area contributed by atoms with Gasteiger partial charge in [-0.3, -0.25) is 4.79 Å². The van der Waals surface area contributed by atoms with E-state index in [0.29, 0.717) is 13.1 Å². The van der Waals surface area contributed by atoms with Crippen molar-refractivity contribution in [1.82, 2.24) is 24.6 Å². The highest BCUT2D eigenvalue weighted by atomic mass is 16.5. The van der Waals surface area contributed by atoms with Crippen LogP contribution >= 0.6 is 0 Å². The largest absolute Gasteiger partial charge is 0.457 e. The van der Waals surface area contributed by atoms with E-state index < -0.39 is 0 Å². The van der Waals surface area contributed by atoms with Crippen LogP contribution in [0.25, 0.3) is 22.3 Å². The monoisotopic (exact) mass is 423 g/mol. The molecule has 1 aliphatic heterocycles. The van der Waals surface area contributed by atoms with Crippen LogP contribution < -0.4 is 4.74 Å². The van der Waals surface area contributed by atoms with E-state index in [-0.39, 0.29) is 11.9 Å². The number of likely N-dealkylation sites (tertiary alicyclic amines) is 1. The molecule has 3 heterocycles. The fourth-order valence-electron chi connectivity index (χ4n) is 3.97. The van der Waals surface area contributed by atoms with Crippen molar-refractivity contribution >= 4 is 16.9 Å². The third kappa shape index (κ3) is 3.79. The van der Waals surface area contributed by atoms with Crippen LogP contribution in [0, 0.1) is 11.8 Å². The van der Waals surface area contributed by atoms with E-state index in [9.17, 15) is 4.79 Å². The Bertz CT molecular complexity index is 1320. The lowest BCUT2D eigenvalue weighted by molar-refractivity contribution is -0.124. The molecule has 0 bridgehead atoms. The van der Waals surface area contributed by atoms with Gasteiger partial charge in [0.25, 0.3) is 5.91 Å². The lowest BCUT2D eigenvalue weighted by Crippen LogP contribution is -2.28. The number of para-hydroxylation sites is 1. The molecule has 0 radical (unpaired) electrons. The van der Waals surface area contributed by atoms with Gasteiger partial charge in [-0.05, 0) is 55.7 Å². The fraction of sp³-hybridized carbons (Fsp3) is 0.200. The van der Waals surface area contributed by atoms with Crippen molar-refractivity contribution in [1.29, 1.82) is 0 Å². The quantitative estimate of drug-likeness (QED) is 0.463. The molecule has 158 valence electrons. The molecule has 32 heavy (non-hydrogen) atoms. The number of hydrogen-bond acceptors (Lipinski definition) is 5. The minimum atomic E-state index is -0.143. The number of ether oxygens (including phenoxy) is 1. The Morgan fingerprint density at radius 3 is 2.66 bits per heavy atom. The second-order valence-electron chi connectivity index (χ2n) is 7.56. The smallest absolute Gasteiger partial charge is 0.298 e. The topological polar surface area (TPSA) is 73.1 Å². The molecule has 1 saturated heterocycles. The van der Waals surface area contributed by atoms with Crippen molar-refractivity contribution in [2.24, 2.45) is 0 Å². The van der Waals surface area contributed by atoms with Gasteiger partial charge in [-0.25, -0.2) is 14.6 Å². The summed E-state index contributed by atoms with van der Waals surface area (Å²) in [5, 5.41) is 5.77. The van der Waals surface area contributed by atoms with E-state index in [2.05, 4.69) is 21.8 Å². The molecule has 5 rings (SSSR count). The average Bonchev–Trinajstić information content (AvgIpc) is 3.46. The third-order valence-corrected chi connectivity index (χ3v) is 5.51. The fourth-order valence-corrected chi connectivity index (χ4v) is 3.97. The van der Waals surface area contributed by atoms with Crippen molar-refractivity contribution in [3.63, 3.8) is 0 Å². The van der Waals surface area contributed by atoms with Crippen molar-refractivity contribution in [2.75, 3.05) is 13.1 Å². The first-order valence-electron chi connectivity index (χ1n) is 10.5. The van der Waals surface area contributed by atoms with E-state index in [4.69, 9.17) is 9.84 Å². The number of amides is 1. The van der Waals surface area contributed by atoms with E-state index in [1.807, 2.05) is 59.3 Å². The third-order valence-electron chi connectivity index (χ3n) is 5.51. The summed E-state index contributed by atoms with van der Waals surface area (Å²) in [6, 6.07) is 17.5. The summed E-state index contributed by atoms with van der Waals surface area (Å²) in [5.74, 6) is 6.70. The van der Waals surface area contributed by atoms with Crippen LogP contribution in [0.2, 0.25) is 0 Å². The van der Waals surface area contributed by atoms with Crippen LogP contribution in [0.5, 0.6) is 11.5 Å². The van der Waals surface area contributed by atoms with Crippen LogP contribution in [0.1, 0.15) is 19.4 Å². The van der Waals surface area contributed by atoms with Gasteiger partial charge in [0, 0.05) is 24.8 Å². The summed E-state index contributed by atoms with van der Waals surface area (Å²) in [7, 11) is 0. The summed E-state index contributed by atoms with van der Waals surface area (Å²) in [6.45, 7) is 2.90. The van der Waals surface area contributed by atoms with Crippen molar-refractivity contribution in [3.8, 4) is 34.6 Å². The van der Waals surface area contributed by atoms with Gasteiger partial charge in [-0.15, -0.1) is 0 Å². The first-order chi connectivity index (χ1) is 15.7. The van der Waals surface area contributed by atoms with E-state index in [1.54, 1.807) is 18.0 Å². The zero-order chi connectivity index (χ0) is 21.9. The standard InChI is InChI=1S/C25H21N5O2/c1-2-6-23(31)29-14-13-19(16-29)30-25-22(15-26-17-27-25)24(28-30)18-9-11-21(12-10-18)32-20-7-4-3-5-8-20/h3-5,7-12,15,17,19H,13-14,16H2,1H3. The second-order valence-corrected chi connectivity index (χ2v) is 7.56. The SMILES string of the molecule is CC#CC(=O)N1CCC(n2nc(-c3ccc(Oc4ccccc4)cc3)c3cncnc32)C1. The Hall–Kier alpha value is -4.18. The molecule has 7 heteroatoms. The van der Waals surface area contributed by atoms with Crippen molar-refractivity contribution in [3.05, 3.63) is 67.1 Å². The van der Waals surface area contributed by atoms with Crippen LogP contribution in [-0.2, 0) is 4.79 Å². The number of carbonyl (C=O) groups is 1. The number of aromatic nitrogens is 4. The predicted molar refractivity (Wildman–Crippen MR) is 121 cm³/mol. The number of hydrogen-bond donors (Lipinski definition) is 0. The van der Waals surface area contributed by atoms with E-state index >= 15 is 0 Å². The minimum Gasteiger partial charge on any atom is -0.457 e. The number of benzene rings is 2. The summed E-state index contributed by atoms with van der Waals surface area (Å²) >= 11 is 0. The number of nitrogens with zero attached hydrogens (tertiary/aromatic N) is 5. The van der Waals surface area contributed by atoms with Gasteiger partial charge in [0.15, 0.2) is 5.65 Å². The predicted octanol–water partition coefficient (Wildman–Crippen LogP) is 4.08. The lowest BCUT2D eigenvalue weighted by Gasteiger charge is -2.13. The molecule has 0 spiro atoms. The zero-order valence-electron chi connectivity index (χ0n) is 17.6. The Kier molecular flexibility index (Phi) is 5.26. The average molecular weight is 423 g/mol. The zero-order valence-corrected chi connectivity index (χ0v) is 17.6. The number of fused-ring (bicyclic) bond motifs is 1. The Balaban J connectivity index is 1.44. The summed E-state index contributed by atoms with van der Waals surface area (Å²) < 4.78 is 7.82. The van der Waals surface area contributed by atoms with Crippen LogP contribution in [0.15, 0.2) is 67.1 Å². The molecule has 1 fully saturated rings. The number of rotatable bonds is 4. The van der Waals surface area contributed by atoms with Gasteiger partial charge in [0.05, 0.1) is 11.4 Å². The van der Waals surface area contributed by atoms with Gasteiger partial charge in [0.1, 0.15) is 23.5 Å². The summed E-state index contributed by atoms with van der Waals surface area (Å²) in [5.41, 5.74) is 2.53. The molecule has 0 N–H and O–H groups in total. The molecule has 2 aromatic heterocycles. The Labute approximate surface area is 185 Å². The molecule has 0 saturated carbocycles. The normalized spacial score (nSPS) is 15.4. The molecule has 2 aromatic carbocycles. The van der Waals surface area contributed by atoms with E-state index in [0.717, 1.165) is 40.2 Å². The van der Waals surface area contributed by atoms with Gasteiger partial charge in [-0.2, -0.15) is 5.10 Å². The van der Waals surface area contributed by atoms with Crippen LogP contribution in [0.3, 0.4) is 0 Å². The maximum atomic E-state index is 12.2. The first kappa shape index (κ1) is 19.8. The van der Waals surface area contributed by atoms with Gasteiger partial charge >= 0.3 is 0 Å².